The van der Waals surface area contributed by atoms with Gasteiger partial charge in [-0.15, -0.1) is 0 Å². The van der Waals surface area contributed by atoms with Gasteiger partial charge >= 0.3 is 0 Å². The van der Waals surface area contributed by atoms with Crippen LogP contribution in [0.3, 0.4) is 0 Å². The van der Waals surface area contributed by atoms with E-state index in [-0.39, 0.29) is 0 Å². The molecule has 4 rings (SSSR count). The van der Waals surface area contributed by atoms with Gasteiger partial charge in [-0.3, -0.25) is 0 Å². The molecule has 0 unspecified atom stereocenters. The molecule has 1 nitrogen and oxygen atoms in total. The molecule has 0 N–H and O–H groups in total. The molecule has 0 aliphatic rings. The zero-order chi connectivity index (χ0) is 19.9. The van der Waals surface area contributed by atoms with Gasteiger partial charge in [-0.2, -0.15) is 0 Å². The van der Waals surface area contributed by atoms with Crippen LogP contribution in [0.4, 0.5) is 0 Å². The number of benzene rings is 3. The fraction of sp³-hybridized carbons (Fsp3) is 0.192. The average molecular weight is 382 g/mol. The summed E-state index contributed by atoms with van der Waals surface area (Å²) in [5.74, 6) is 0. The highest BCUT2D eigenvalue weighted by Crippen LogP contribution is 2.27. The largest absolute Gasteiger partial charge is 0.248 e. The molecule has 0 radical (unpaired) electrons. The van der Waals surface area contributed by atoms with E-state index in [0.29, 0.717) is 0 Å². The molecule has 0 fully saturated rings. The van der Waals surface area contributed by atoms with Gasteiger partial charge in [0.15, 0.2) is 0 Å². The normalized spacial score (nSPS) is 11.8. The van der Waals surface area contributed by atoms with Gasteiger partial charge < -0.3 is 0 Å². The lowest BCUT2D eigenvalue weighted by Crippen LogP contribution is -2.38. The summed E-state index contributed by atoms with van der Waals surface area (Å²) in [7, 11) is -1.52. The van der Waals surface area contributed by atoms with Gasteiger partial charge in [0.1, 0.15) is 0 Å². The Morgan fingerprint density at radius 2 is 1.32 bits per heavy atom. The first-order valence-electron chi connectivity index (χ1n) is 9.91. The van der Waals surface area contributed by atoms with Crippen LogP contribution < -0.4 is 5.19 Å². The van der Waals surface area contributed by atoms with E-state index >= 15 is 0 Å². The van der Waals surface area contributed by atoms with E-state index in [1.807, 2.05) is 0 Å². The van der Waals surface area contributed by atoms with Crippen molar-refractivity contribution in [2.24, 2.45) is 0 Å². The Bertz CT molecular complexity index is 1130. The minimum atomic E-state index is -1.52. The molecule has 140 valence electrons. The summed E-state index contributed by atoms with van der Waals surface area (Å²) in [4.78, 5) is 5.11. The lowest BCUT2D eigenvalue weighted by molar-refractivity contribution is 1.34. The van der Waals surface area contributed by atoms with Crippen molar-refractivity contribution in [3.63, 3.8) is 0 Å². The molecule has 1 heterocycles. The maximum Gasteiger partial charge on any atom is 0.0785 e. The van der Waals surface area contributed by atoms with Gasteiger partial charge in [0.05, 0.1) is 19.3 Å². The second-order valence-electron chi connectivity index (χ2n) is 8.78. The Labute approximate surface area is 169 Å². The molecule has 0 aliphatic heterocycles. The van der Waals surface area contributed by atoms with Crippen molar-refractivity contribution in [3.05, 3.63) is 83.9 Å². The number of fused-ring (bicyclic) bond motifs is 1. The van der Waals surface area contributed by atoms with Crippen LogP contribution in [0.15, 0.2) is 72.8 Å². The lowest BCUT2D eigenvalue weighted by Gasteiger charge is -2.21. The van der Waals surface area contributed by atoms with Gasteiger partial charge in [-0.05, 0) is 54.6 Å². The molecule has 1 aromatic heterocycles. The fourth-order valence-corrected chi connectivity index (χ4v) is 5.54. The third-order valence-corrected chi connectivity index (χ3v) is 7.27. The summed E-state index contributed by atoms with van der Waals surface area (Å²) in [6.45, 7) is 11.5. The predicted octanol–water partition coefficient (Wildman–Crippen LogP) is 6.73. The minimum absolute atomic E-state index is 1.05. The molecule has 4 aromatic rings. The van der Waals surface area contributed by atoms with E-state index in [1.165, 1.54) is 38.4 Å². The molecule has 3 aromatic carbocycles. The molecule has 2 heteroatoms. The number of hydrogen-bond donors (Lipinski definition) is 0. The molecule has 0 amide bonds. The van der Waals surface area contributed by atoms with Crippen LogP contribution in [0.25, 0.3) is 33.3 Å². The molecule has 0 saturated heterocycles. The Morgan fingerprint density at radius 3 is 1.96 bits per heavy atom. The molecule has 28 heavy (non-hydrogen) atoms. The molecule has 0 bridgehead atoms. The number of rotatable bonds is 3. The highest BCUT2D eigenvalue weighted by Gasteiger charge is 2.21. The van der Waals surface area contributed by atoms with Crippen molar-refractivity contribution in [2.45, 2.75) is 33.5 Å². The number of aromatic nitrogens is 1. The van der Waals surface area contributed by atoms with Crippen molar-refractivity contribution in [1.82, 2.24) is 4.98 Å². The second-order valence-corrected chi connectivity index (χ2v) is 13.8. The summed E-state index contributed by atoms with van der Waals surface area (Å²) in [6, 6.07) is 26.4. The third-order valence-electron chi connectivity index (χ3n) is 5.24. The molecular weight excluding hydrogens is 354 g/mol. The van der Waals surface area contributed by atoms with Crippen molar-refractivity contribution < 1.29 is 0 Å². The zero-order valence-corrected chi connectivity index (χ0v) is 18.4. The van der Waals surface area contributed by atoms with Crippen LogP contribution in [-0.2, 0) is 0 Å². The summed E-state index contributed by atoms with van der Waals surface area (Å²) in [5, 5.41) is 2.77. The van der Waals surface area contributed by atoms with Crippen LogP contribution in [-0.4, -0.2) is 13.1 Å². The van der Waals surface area contributed by atoms with E-state index < -0.39 is 8.07 Å². The number of pyridine rings is 1. The monoisotopic (exact) mass is 381 g/mol. The van der Waals surface area contributed by atoms with Gasteiger partial charge in [0.25, 0.3) is 0 Å². The van der Waals surface area contributed by atoms with Gasteiger partial charge in [0, 0.05) is 5.56 Å². The smallest absolute Gasteiger partial charge is 0.0785 e. The summed E-state index contributed by atoms with van der Waals surface area (Å²) in [6.07, 6.45) is 0. The maximum atomic E-state index is 5.11. The third kappa shape index (κ3) is 3.65. The van der Waals surface area contributed by atoms with E-state index in [9.17, 15) is 0 Å². The molecular formula is C26H27NSi. The highest BCUT2D eigenvalue weighted by molar-refractivity contribution is 6.90. The molecule has 0 atom stereocenters. The van der Waals surface area contributed by atoms with Crippen molar-refractivity contribution >= 4 is 24.2 Å². The van der Waals surface area contributed by atoms with Crippen LogP contribution in [0.5, 0.6) is 0 Å². The molecule has 0 aliphatic carbocycles. The van der Waals surface area contributed by atoms with Crippen molar-refractivity contribution in [3.8, 4) is 22.4 Å². The topological polar surface area (TPSA) is 12.9 Å². The van der Waals surface area contributed by atoms with Crippen molar-refractivity contribution in [1.29, 1.82) is 0 Å². The maximum absolute atomic E-state index is 5.11. The van der Waals surface area contributed by atoms with Crippen LogP contribution >= 0.6 is 0 Å². The Balaban J connectivity index is 1.97. The van der Waals surface area contributed by atoms with Crippen LogP contribution in [0, 0.1) is 13.8 Å². The molecule has 0 spiro atoms. The molecule has 0 saturated carbocycles. The quantitative estimate of drug-likeness (QED) is 0.358. The van der Waals surface area contributed by atoms with Crippen LogP contribution in [0.1, 0.15) is 11.1 Å². The van der Waals surface area contributed by atoms with Gasteiger partial charge in [-0.1, -0.05) is 84.5 Å². The van der Waals surface area contributed by atoms with Crippen molar-refractivity contribution in [2.75, 3.05) is 0 Å². The van der Waals surface area contributed by atoms with E-state index in [2.05, 4.69) is 106 Å². The Hall–Kier alpha value is -2.71. The first kappa shape index (κ1) is 18.6. The summed E-state index contributed by atoms with van der Waals surface area (Å²) in [5.41, 5.74) is 8.40. The zero-order valence-electron chi connectivity index (χ0n) is 17.4. The first-order chi connectivity index (χ1) is 13.3. The standard InChI is InChI=1S/C26H27NSi/c1-18-13-19(2)15-22(14-18)24-12-11-23-25(27-24)16-21(17-26(23)28(3,4)5)20-9-7-6-8-10-20/h6-17H,1-5H3. The minimum Gasteiger partial charge on any atom is -0.248 e. The van der Waals surface area contributed by atoms with E-state index in [1.54, 1.807) is 0 Å². The first-order valence-corrected chi connectivity index (χ1v) is 13.4. The predicted molar refractivity (Wildman–Crippen MR) is 125 cm³/mol. The Kier molecular flexibility index (Phi) is 4.68. The van der Waals surface area contributed by atoms with Crippen LogP contribution in [0.2, 0.25) is 19.6 Å². The summed E-state index contributed by atoms with van der Waals surface area (Å²) < 4.78 is 0. The second kappa shape index (κ2) is 7.03. The van der Waals surface area contributed by atoms with Gasteiger partial charge in [0.2, 0.25) is 0 Å². The fourth-order valence-electron chi connectivity index (χ4n) is 3.94. The van der Waals surface area contributed by atoms with E-state index in [0.717, 1.165) is 11.2 Å². The van der Waals surface area contributed by atoms with Gasteiger partial charge in [-0.25, -0.2) is 4.98 Å². The highest BCUT2D eigenvalue weighted by atomic mass is 28.3. The lowest BCUT2D eigenvalue weighted by atomic mass is 10.0. The Morgan fingerprint density at radius 1 is 0.643 bits per heavy atom. The SMILES string of the molecule is Cc1cc(C)cc(-c2ccc3c([Si](C)(C)C)cc(-c4ccccc4)cc3n2)c1. The number of nitrogens with zero attached hydrogens (tertiary/aromatic N) is 1. The summed E-state index contributed by atoms with van der Waals surface area (Å²) >= 11 is 0. The average Bonchev–Trinajstić information content (AvgIpc) is 2.66. The van der Waals surface area contributed by atoms with E-state index in [4.69, 9.17) is 4.98 Å². The number of hydrogen-bond acceptors (Lipinski definition) is 1. The number of aryl methyl sites for hydroxylation is 2.